The van der Waals surface area contributed by atoms with Gasteiger partial charge in [0.1, 0.15) is 5.69 Å². The molecule has 0 spiro atoms. The molecule has 90 valence electrons. The summed E-state index contributed by atoms with van der Waals surface area (Å²) in [6.45, 7) is 0. The number of aryl methyl sites for hydroxylation is 1. The maximum atomic E-state index is 6.27. The molecular weight excluding hydrogens is 218 g/mol. The first-order chi connectivity index (χ1) is 8.19. The number of hydrogen-bond acceptors (Lipinski definition) is 5. The number of nitrogens with zero attached hydrogens (tertiary/aromatic N) is 4. The van der Waals surface area contributed by atoms with Crippen LogP contribution in [0.3, 0.4) is 0 Å². The van der Waals surface area contributed by atoms with E-state index in [0.717, 1.165) is 31.4 Å². The summed E-state index contributed by atoms with van der Waals surface area (Å²) in [5.74, 6) is 1.10. The van der Waals surface area contributed by atoms with Crippen LogP contribution in [0.5, 0.6) is 0 Å². The molecule has 1 saturated carbocycles. The van der Waals surface area contributed by atoms with Crippen molar-refractivity contribution in [1.82, 2.24) is 19.7 Å². The molecule has 1 aliphatic rings. The Balaban J connectivity index is 1.96. The van der Waals surface area contributed by atoms with Crippen molar-refractivity contribution >= 4 is 0 Å². The predicted octanol–water partition coefficient (Wildman–Crippen LogP) is 1.20. The van der Waals surface area contributed by atoms with Gasteiger partial charge in [-0.2, -0.15) is 4.98 Å². The molecule has 0 saturated heterocycles. The zero-order valence-electron chi connectivity index (χ0n) is 9.76. The second kappa shape index (κ2) is 3.66. The van der Waals surface area contributed by atoms with Crippen LogP contribution in [0.1, 0.15) is 31.6 Å². The zero-order valence-corrected chi connectivity index (χ0v) is 9.76. The largest absolute Gasteiger partial charge is 0.337 e. The minimum atomic E-state index is -0.427. The van der Waals surface area contributed by atoms with Crippen LogP contribution >= 0.6 is 0 Å². The summed E-state index contributed by atoms with van der Waals surface area (Å²) < 4.78 is 7.16. The first-order valence-corrected chi connectivity index (χ1v) is 5.79. The average molecular weight is 233 g/mol. The molecule has 3 rings (SSSR count). The van der Waals surface area contributed by atoms with Crippen molar-refractivity contribution in [2.24, 2.45) is 12.8 Å². The third kappa shape index (κ3) is 1.64. The van der Waals surface area contributed by atoms with Crippen LogP contribution < -0.4 is 5.73 Å². The minimum absolute atomic E-state index is 0.427. The number of aromatic nitrogens is 4. The van der Waals surface area contributed by atoms with Crippen molar-refractivity contribution in [1.29, 1.82) is 0 Å². The van der Waals surface area contributed by atoms with Crippen molar-refractivity contribution in [2.75, 3.05) is 0 Å². The fourth-order valence-corrected chi connectivity index (χ4v) is 2.32. The quantitative estimate of drug-likeness (QED) is 0.842. The highest BCUT2D eigenvalue weighted by Crippen LogP contribution is 2.35. The van der Waals surface area contributed by atoms with Crippen LogP contribution in [0, 0.1) is 0 Å². The molecule has 6 nitrogen and oxygen atoms in total. The van der Waals surface area contributed by atoms with Gasteiger partial charge in [-0.15, -0.1) is 0 Å². The van der Waals surface area contributed by atoms with E-state index in [9.17, 15) is 0 Å². The number of nitrogens with two attached hydrogens (primary N) is 1. The second-order valence-corrected chi connectivity index (χ2v) is 4.68. The van der Waals surface area contributed by atoms with Crippen molar-refractivity contribution in [3.63, 3.8) is 0 Å². The van der Waals surface area contributed by atoms with E-state index in [4.69, 9.17) is 10.3 Å². The molecule has 1 aliphatic carbocycles. The highest BCUT2D eigenvalue weighted by Gasteiger charge is 2.37. The molecule has 0 unspecified atom stereocenters. The van der Waals surface area contributed by atoms with E-state index in [1.807, 2.05) is 11.6 Å². The lowest BCUT2D eigenvalue weighted by atomic mass is 9.99. The summed E-state index contributed by atoms with van der Waals surface area (Å²) in [6, 6.07) is 0. The highest BCUT2D eigenvalue weighted by atomic mass is 16.5. The fourth-order valence-electron chi connectivity index (χ4n) is 2.32. The molecule has 2 heterocycles. The maximum absolute atomic E-state index is 6.27. The molecule has 0 amide bonds. The molecule has 2 aromatic rings. The Morgan fingerprint density at radius 3 is 2.82 bits per heavy atom. The lowest BCUT2D eigenvalue weighted by Crippen LogP contribution is -2.33. The molecule has 2 aromatic heterocycles. The molecule has 6 heteroatoms. The van der Waals surface area contributed by atoms with Crippen molar-refractivity contribution in [3.05, 3.63) is 18.4 Å². The molecule has 0 radical (unpaired) electrons. The van der Waals surface area contributed by atoms with Crippen LogP contribution in [0.4, 0.5) is 0 Å². The van der Waals surface area contributed by atoms with Gasteiger partial charge in [-0.1, -0.05) is 18.0 Å². The summed E-state index contributed by atoms with van der Waals surface area (Å²) in [6.07, 6.45) is 7.51. The number of rotatable bonds is 2. The Kier molecular flexibility index (Phi) is 2.25. The highest BCUT2D eigenvalue weighted by molar-refractivity contribution is 5.47. The first-order valence-electron chi connectivity index (χ1n) is 5.79. The zero-order chi connectivity index (χ0) is 11.9. The third-order valence-electron chi connectivity index (χ3n) is 3.39. The third-order valence-corrected chi connectivity index (χ3v) is 3.39. The van der Waals surface area contributed by atoms with Gasteiger partial charge in [0.2, 0.25) is 11.7 Å². The number of hydrogen-bond donors (Lipinski definition) is 1. The van der Waals surface area contributed by atoms with Gasteiger partial charge < -0.3 is 14.8 Å². The Morgan fingerprint density at radius 1 is 1.41 bits per heavy atom. The monoisotopic (exact) mass is 233 g/mol. The van der Waals surface area contributed by atoms with E-state index < -0.39 is 5.54 Å². The van der Waals surface area contributed by atoms with E-state index in [1.165, 1.54) is 0 Å². The van der Waals surface area contributed by atoms with Gasteiger partial charge in [0.05, 0.1) is 18.1 Å². The van der Waals surface area contributed by atoms with Gasteiger partial charge in [0.15, 0.2) is 0 Å². The summed E-state index contributed by atoms with van der Waals surface area (Å²) in [5, 5.41) is 3.98. The van der Waals surface area contributed by atoms with Crippen molar-refractivity contribution in [3.8, 4) is 11.5 Å². The lowest BCUT2D eigenvalue weighted by molar-refractivity contribution is 0.285. The maximum Gasteiger partial charge on any atom is 0.247 e. The summed E-state index contributed by atoms with van der Waals surface area (Å²) in [5.41, 5.74) is 6.67. The molecule has 1 fully saturated rings. The first kappa shape index (κ1) is 10.5. The van der Waals surface area contributed by atoms with E-state index in [-0.39, 0.29) is 0 Å². The molecule has 2 N–H and O–H groups in total. The number of imidazole rings is 1. The topological polar surface area (TPSA) is 82.8 Å². The van der Waals surface area contributed by atoms with E-state index in [0.29, 0.717) is 11.7 Å². The summed E-state index contributed by atoms with van der Waals surface area (Å²) in [7, 11) is 1.89. The van der Waals surface area contributed by atoms with E-state index in [2.05, 4.69) is 15.1 Å². The smallest absolute Gasteiger partial charge is 0.247 e. The van der Waals surface area contributed by atoms with E-state index >= 15 is 0 Å². The Bertz CT molecular complexity index is 523. The van der Waals surface area contributed by atoms with Crippen LogP contribution in [-0.2, 0) is 12.6 Å². The van der Waals surface area contributed by atoms with E-state index in [1.54, 1.807) is 12.5 Å². The molecule has 0 aliphatic heterocycles. The van der Waals surface area contributed by atoms with Gasteiger partial charge in [0, 0.05) is 7.05 Å². The van der Waals surface area contributed by atoms with Gasteiger partial charge in [-0.05, 0) is 12.8 Å². The summed E-state index contributed by atoms with van der Waals surface area (Å²) >= 11 is 0. The Morgan fingerprint density at radius 2 is 2.18 bits per heavy atom. The average Bonchev–Trinajstić information content (AvgIpc) is 2.97. The molecule has 0 bridgehead atoms. The van der Waals surface area contributed by atoms with Crippen LogP contribution in [0.15, 0.2) is 17.0 Å². The normalized spacial score (nSPS) is 18.7. The van der Waals surface area contributed by atoms with Crippen LogP contribution in [0.25, 0.3) is 11.5 Å². The predicted molar refractivity (Wildman–Crippen MR) is 60.8 cm³/mol. The minimum Gasteiger partial charge on any atom is -0.337 e. The second-order valence-electron chi connectivity index (χ2n) is 4.68. The molecule has 17 heavy (non-hydrogen) atoms. The van der Waals surface area contributed by atoms with Gasteiger partial charge in [-0.25, -0.2) is 4.98 Å². The van der Waals surface area contributed by atoms with Gasteiger partial charge in [-0.3, -0.25) is 0 Å². The molecule has 0 aromatic carbocycles. The Hall–Kier alpha value is -1.69. The van der Waals surface area contributed by atoms with Crippen LogP contribution in [-0.4, -0.2) is 19.7 Å². The molecular formula is C11H15N5O. The SMILES string of the molecule is Cn1cncc1-c1noc(C2(N)CCCC2)n1. The van der Waals surface area contributed by atoms with Gasteiger partial charge in [0.25, 0.3) is 0 Å². The van der Waals surface area contributed by atoms with Crippen molar-refractivity contribution < 1.29 is 4.52 Å². The van der Waals surface area contributed by atoms with Crippen molar-refractivity contribution in [2.45, 2.75) is 31.2 Å². The standard InChI is InChI=1S/C11H15N5O/c1-16-7-13-6-8(16)9-14-10(17-15-9)11(12)4-2-3-5-11/h6-7H,2-5,12H2,1H3. The molecule has 0 atom stereocenters. The van der Waals surface area contributed by atoms with Gasteiger partial charge >= 0.3 is 0 Å². The van der Waals surface area contributed by atoms with Crippen LogP contribution in [0.2, 0.25) is 0 Å². The summed E-state index contributed by atoms with van der Waals surface area (Å²) in [4.78, 5) is 8.44. The lowest BCUT2D eigenvalue weighted by Gasteiger charge is -2.17. The Labute approximate surface area is 98.8 Å². The fraction of sp³-hybridized carbons (Fsp3) is 0.545.